The van der Waals surface area contributed by atoms with E-state index in [0.717, 1.165) is 30.5 Å². The van der Waals surface area contributed by atoms with Crippen LogP contribution in [0.15, 0.2) is 39.4 Å². The Labute approximate surface area is 148 Å². The van der Waals surface area contributed by atoms with Crippen LogP contribution in [0.5, 0.6) is 0 Å². The van der Waals surface area contributed by atoms with E-state index in [1.54, 1.807) is 12.1 Å². The first-order valence-electron chi connectivity index (χ1n) is 8.25. The highest BCUT2D eigenvalue weighted by molar-refractivity contribution is 5.91. The van der Waals surface area contributed by atoms with E-state index in [0.29, 0.717) is 12.3 Å². The van der Waals surface area contributed by atoms with Crippen molar-refractivity contribution in [3.8, 4) is 0 Å². The number of hydrogen-bond acceptors (Lipinski definition) is 4. The van der Waals surface area contributed by atoms with E-state index in [9.17, 15) is 4.79 Å². The van der Waals surface area contributed by atoms with Gasteiger partial charge in [-0.05, 0) is 63.0 Å². The van der Waals surface area contributed by atoms with E-state index >= 15 is 0 Å². The van der Waals surface area contributed by atoms with E-state index in [2.05, 4.69) is 17.1 Å². The standard InChI is InChI=1S/C18H24N2O3.ClH/c1-13-7-9-20(10-8-13)15(16-6-5-14(2)23-16)12-19-18(21)17-4-3-11-22-17;/h3-6,11,13,15H,7-10,12H2,1-2H3,(H,19,21);1H. The fourth-order valence-electron chi connectivity index (χ4n) is 3.07. The molecule has 0 saturated carbocycles. The number of amides is 1. The van der Waals surface area contributed by atoms with Gasteiger partial charge in [0.05, 0.1) is 12.3 Å². The lowest BCUT2D eigenvalue weighted by Gasteiger charge is -2.35. The molecule has 0 radical (unpaired) electrons. The lowest BCUT2D eigenvalue weighted by Crippen LogP contribution is -2.41. The zero-order chi connectivity index (χ0) is 16.2. The molecule has 1 aliphatic heterocycles. The van der Waals surface area contributed by atoms with E-state index in [4.69, 9.17) is 8.83 Å². The van der Waals surface area contributed by atoms with Crippen LogP contribution in [-0.4, -0.2) is 30.4 Å². The van der Waals surface area contributed by atoms with Gasteiger partial charge in [0, 0.05) is 6.54 Å². The number of furan rings is 2. The molecule has 3 rings (SSSR count). The molecule has 0 bridgehead atoms. The zero-order valence-electron chi connectivity index (χ0n) is 14.2. The number of likely N-dealkylation sites (tertiary alicyclic amines) is 1. The number of piperidine rings is 1. The molecule has 0 aromatic carbocycles. The summed E-state index contributed by atoms with van der Waals surface area (Å²) in [5.74, 6) is 2.73. The molecular weight excluding hydrogens is 328 g/mol. The Bertz CT molecular complexity index is 630. The lowest BCUT2D eigenvalue weighted by atomic mass is 9.97. The topological polar surface area (TPSA) is 58.6 Å². The van der Waals surface area contributed by atoms with Crippen LogP contribution in [0.25, 0.3) is 0 Å². The Morgan fingerprint density at radius 1 is 1.33 bits per heavy atom. The number of hydrogen-bond donors (Lipinski definition) is 1. The Hall–Kier alpha value is -1.72. The van der Waals surface area contributed by atoms with Crippen LogP contribution in [-0.2, 0) is 0 Å². The predicted molar refractivity (Wildman–Crippen MR) is 94.4 cm³/mol. The summed E-state index contributed by atoms with van der Waals surface area (Å²) in [6, 6.07) is 7.44. The van der Waals surface area contributed by atoms with E-state index in [1.807, 2.05) is 19.1 Å². The molecular formula is C18H25ClN2O3. The normalized spacial score (nSPS) is 17.2. The first kappa shape index (κ1) is 18.6. The Morgan fingerprint density at radius 2 is 2.08 bits per heavy atom. The molecule has 6 heteroatoms. The highest BCUT2D eigenvalue weighted by Gasteiger charge is 2.27. The van der Waals surface area contributed by atoms with Crippen molar-refractivity contribution in [2.75, 3.05) is 19.6 Å². The van der Waals surface area contributed by atoms with Gasteiger partial charge in [0.25, 0.3) is 5.91 Å². The molecule has 1 unspecified atom stereocenters. The Kier molecular flexibility index (Phi) is 6.52. The fourth-order valence-corrected chi connectivity index (χ4v) is 3.07. The smallest absolute Gasteiger partial charge is 0.287 e. The fraction of sp³-hybridized carbons (Fsp3) is 0.500. The average Bonchev–Trinajstić information content (AvgIpc) is 3.21. The SMILES string of the molecule is Cc1ccc(C(CNC(=O)c2ccco2)N2CCC(C)CC2)o1.Cl. The molecule has 0 aliphatic carbocycles. The molecule has 2 aromatic rings. The summed E-state index contributed by atoms with van der Waals surface area (Å²) >= 11 is 0. The van der Waals surface area contributed by atoms with Crippen LogP contribution >= 0.6 is 12.4 Å². The van der Waals surface area contributed by atoms with Crippen molar-refractivity contribution in [2.45, 2.75) is 32.7 Å². The minimum atomic E-state index is -0.186. The van der Waals surface area contributed by atoms with Gasteiger partial charge in [-0.2, -0.15) is 0 Å². The molecule has 3 heterocycles. The van der Waals surface area contributed by atoms with Crippen molar-refractivity contribution in [2.24, 2.45) is 5.92 Å². The first-order chi connectivity index (χ1) is 11.1. The summed E-state index contributed by atoms with van der Waals surface area (Å²) in [7, 11) is 0. The second-order valence-electron chi connectivity index (χ2n) is 6.37. The van der Waals surface area contributed by atoms with Crippen molar-refractivity contribution in [1.82, 2.24) is 10.2 Å². The van der Waals surface area contributed by atoms with Gasteiger partial charge in [0.2, 0.25) is 0 Å². The Balaban J connectivity index is 0.00000208. The minimum absolute atomic E-state index is 0. The largest absolute Gasteiger partial charge is 0.465 e. The predicted octanol–water partition coefficient (Wildman–Crippen LogP) is 3.81. The third-order valence-corrected chi connectivity index (χ3v) is 4.55. The van der Waals surface area contributed by atoms with Crippen LogP contribution < -0.4 is 5.32 Å². The summed E-state index contributed by atoms with van der Waals surface area (Å²) in [6.45, 7) is 6.81. The molecule has 1 atom stereocenters. The first-order valence-corrected chi connectivity index (χ1v) is 8.25. The van der Waals surface area contributed by atoms with Crippen molar-refractivity contribution in [3.05, 3.63) is 47.8 Å². The van der Waals surface area contributed by atoms with E-state index in [-0.39, 0.29) is 24.4 Å². The van der Waals surface area contributed by atoms with Gasteiger partial charge in [-0.3, -0.25) is 9.69 Å². The number of carbonyl (C=O) groups is 1. The minimum Gasteiger partial charge on any atom is -0.465 e. The van der Waals surface area contributed by atoms with Gasteiger partial charge in [-0.1, -0.05) is 6.92 Å². The highest BCUT2D eigenvalue weighted by atomic mass is 35.5. The summed E-state index contributed by atoms with van der Waals surface area (Å²) in [5.41, 5.74) is 0. The maximum atomic E-state index is 12.1. The number of aryl methyl sites for hydroxylation is 1. The second-order valence-corrected chi connectivity index (χ2v) is 6.37. The van der Waals surface area contributed by atoms with Crippen molar-refractivity contribution >= 4 is 18.3 Å². The molecule has 2 aromatic heterocycles. The maximum Gasteiger partial charge on any atom is 0.287 e. The highest BCUT2D eigenvalue weighted by Crippen LogP contribution is 2.27. The van der Waals surface area contributed by atoms with Crippen molar-refractivity contribution in [3.63, 3.8) is 0 Å². The van der Waals surface area contributed by atoms with Gasteiger partial charge in [0.15, 0.2) is 5.76 Å². The molecule has 1 N–H and O–H groups in total. The monoisotopic (exact) mass is 352 g/mol. The van der Waals surface area contributed by atoms with E-state index in [1.165, 1.54) is 19.1 Å². The van der Waals surface area contributed by atoms with Crippen molar-refractivity contribution < 1.29 is 13.6 Å². The van der Waals surface area contributed by atoms with Gasteiger partial charge in [-0.15, -0.1) is 12.4 Å². The molecule has 0 spiro atoms. The number of nitrogens with one attached hydrogen (secondary N) is 1. The third-order valence-electron chi connectivity index (χ3n) is 4.55. The number of halogens is 1. The molecule has 1 fully saturated rings. The van der Waals surface area contributed by atoms with Crippen molar-refractivity contribution in [1.29, 1.82) is 0 Å². The average molecular weight is 353 g/mol. The summed E-state index contributed by atoms with van der Waals surface area (Å²) in [5, 5.41) is 2.97. The Morgan fingerprint density at radius 3 is 2.67 bits per heavy atom. The van der Waals surface area contributed by atoms with Crippen LogP contribution in [0.4, 0.5) is 0 Å². The zero-order valence-corrected chi connectivity index (χ0v) is 15.0. The van der Waals surface area contributed by atoms with E-state index < -0.39 is 0 Å². The second kappa shape index (κ2) is 8.40. The van der Waals surface area contributed by atoms with Crippen LogP contribution in [0.1, 0.15) is 47.9 Å². The van der Waals surface area contributed by atoms with Crippen LogP contribution in [0.3, 0.4) is 0 Å². The van der Waals surface area contributed by atoms with Gasteiger partial charge < -0.3 is 14.2 Å². The third kappa shape index (κ3) is 4.42. The molecule has 1 saturated heterocycles. The summed E-state index contributed by atoms with van der Waals surface area (Å²) < 4.78 is 11.0. The molecule has 1 amide bonds. The number of rotatable bonds is 5. The van der Waals surface area contributed by atoms with Crippen LogP contribution in [0.2, 0.25) is 0 Å². The van der Waals surface area contributed by atoms with Gasteiger partial charge in [0.1, 0.15) is 11.5 Å². The quantitative estimate of drug-likeness (QED) is 0.889. The molecule has 5 nitrogen and oxygen atoms in total. The molecule has 1 aliphatic rings. The van der Waals surface area contributed by atoms with Gasteiger partial charge >= 0.3 is 0 Å². The maximum absolute atomic E-state index is 12.1. The molecule has 24 heavy (non-hydrogen) atoms. The summed E-state index contributed by atoms with van der Waals surface area (Å²) in [4.78, 5) is 14.5. The number of carbonyl (C=O) groups excluding carboxylic acids is 1. The lowest BCUT2D eigenvalue weighted by molar-refractivity contribution is 0.0870. The van der Waals surface area contributed by atoms with Crippen LogP contribution in [0, 0.1) is 12.8 Å². The number of nitrogens with zero attached hydrogens (tertiary/aromatic N) is 1. The molecule has 132 valence electrons. The van der Waals surface area contributed by atoms with Gasteiger partial charge in [-0.25, -0.2) is 0 Å². The summed E-state index contributed by atoms with van der Waals surface area (Å²) in [6.07, 6.45) is 3.87.